The number of benzene rings is 1. The Kier molecular flexibility index (Phi) is 3.83. The van der Waals surface area contributed by atoms with E-state index in [0.29, 0.717) is 5.56 Å². The fourth-order valence-corrected chi connectivity index (χ4v) is 4.51. The summed E-state index contributed by atoms with van der Waals surface area (Å²) in [6, 6.07) is 7.71. The average molecular weight is 312 g/mol. The van der Waals surface area contributed by atoms with Gasteiger partial charge < -0.3 is 10.2 Å². The lowest BCUT2D eigenvalue weighted by molar-refractivity contribution is -0.127. The predicted octanol–water partition coefficient (Wildman–Crippen LogP) is 3.18. The largest absolute Gasteiger partial charge is 0.351 e. The molecule has 122 valence electrons. The molecule has 23 heavy (non-hydrogen) atoms. The highest BCUT2D eigenvalue weighted by Crippen LogP contribution is 2.39. The van der Waals surface area contributed by atoms with Crippen LogP contribution in [0.5, 0.6) is 0 Å². The van der Waals surface area contributed by atoms with Crippen LogP contribution in [-0.2, 0) is 4.79 Å². The van der Waals surface area contributed by atoms with Gasteiger partial charge >= 0.3 is 0 Å². The van der Waals surface area contributed by atoms with Gasteiger partial charge in [-0.1, -0.05) is 43.9 Å². The van der Waals surface area contributed by atoms with E-state index in [4.69, 9.17) is 0 Å². The Bertz CT molecular complexity index is 616. The lowest BCUT2D eigenvalue weighted by atomic mass is 10.0. The molecule has 4 nitrogen and oxygen atoms in total. The van der Waals surface area contributed by atoms with Crippen molar-refractivity contribution >= 4 is 11.8 Å². The van der Waals surface area contributed by atoms with Crippen molar-refractivity contribution in [2.75, 3.05) is 0 Å². The molecule has 3 aliphatic rings. The van der Waals surface area contributed by atoms with Gasteiger partial charge in [0.15, 0.2) is 0 Å². The number of nitrogens with zero attached hydrogens (tertiary/aromatic N) is 1. The second kappa shape index (κ2) is 5.99. The molecule has 0 bridgehead atoms. The molecule has 1 atom stereocenters. The van der Waals surface area contributed by atoms with Gasteiger partial charge in [0.25, 0.3) is 5.91 Å². The van der Waals surface area contributed by atoms with Crippen molar-refractivity contribution in [1.82, 2.24) is 10.2 Å². The van der Waals surface area contributed by atoms with E-state index in [0.717, 1.165) is 44.1 Å². The summed E-state index contributed by atoms with van der Waals surface area (Å²) in [5.41, 5.74) is 1.60. The Morgan fingerprint density at radius 2 is 1.65 bits per heavy atom. The van der Waals surface area contributed by atoms with Gasteiger partial charge in [0.2, 0.25) is 5.91 Å². The second-order valence-corrected chi connectivity index (χ2v) is 7.13. The maximum atomic E-state index is 13.0. The van der Waals surface area contributed by atoms with Crippen LogP contribution in [0.25, 0.3) is 0 Å². The number of hydrogen-bond acceptors (Lipinski definition) is 2. The molecule has 1 unspecified atom stereocenters. The van der Waals surface area contributed by atoms with Crippen LogP contribution in [0.15, 0.2) is 24.3 Å². The van der Waals surface area contributed by atoms with Crippen LogP contribution in [0.3, 0.4) is 0 Å². The van der Waals surface area contributed by atoms with Crippen molar-refractivity contribution in [3.8, 4) is 0 Å². The maximum Gasteiger partial charge on any atom is 0.255 e. The molecule has 0 spiro atoms. The number of fused-ring (bicyclic) bond motifs is 1. The molecule has 4 rings (SSSR count). The Labute approximate surface area is 137 Å². The number of carbonyl (C=O) groups excluding carboxylic acids is 2. The van der Waals surface area contributed by atoms with Gasteiger partial charge in [0.1, 0.15) is 6.04 Å². The summed E-state index contributed by atoms with van der Waals surface area (Å²) < 4.78 is 0. The van der Waals surface area contributed by atoms with Crippen LogP contribution in [0.2, 0.25) is 0 Å². The molecule has 1 aromatic carbocycles. The molecule has 1 aliphatic heterocycles. The van der Waals surface area contributed by atoms with Gasteiger partial charge in [-0.15, -0.1) is 0 Å². The summed E-state index contributed by atoms with van der Waals surface area (Å²) in [5, 5.41) is 3.20. The molecular weight excluding hydrogens is 288 g/mol. The van der Waals surface area contributed by atoms with Crippen LogP contribution in [-0.4, -0.2) is 28.8 Å². The zero-order valence-electron chi connectivity index (χ0n) is 13.5. The van der Waals surface area contributed by atoms with E-state index >= 15 is 0 Å². The second-order valence-electron chi connectivity index (χ2n) is 7.13. The van der Waals surface area contributed by atoms with Gasteiger partial charge in [-0.25, -0.2) is 0 Å². The van der Waals surface area contributed by atoms with Crippen molar-refractivity contribution in [2.24, 2.45) is 0 Å². The highest BCUT2D eigenvalue weighted by atomic mass is 16.2. The van der Waals surface area contributed by atoms with E-state index in [1.807, 2.05) is 29.2 Å². The van der Waals surface area contributed by atoms with Crippen molar-refractivity contribution < 1.29 is 9.59 Å². The monoisotopic (exact) mass is 312 g/mol. The number of amides is 2. The van der Waals surface area contributed by atoms with E-state index in [1.54, 1.807) is 0 Å². The van der Waals surface area contributed by atoms with Crippen molar-refractivity contribution in [2.45, 2.75) is 69.5 Å². The fourth-order valence-electron chi connectivity index (χ4n) is 4.51. The van der Waals surface area contributed by atoms with Crippen molar-refractivity contribution in [3.05, 3.63) is 35.4 Å². The summed E-state index contributed by atoms with van der Waals surface area (Å²) in [5.74, 6) is 0.0566. The minimum absolute atomic E-state index is 0.0158. The highest BCUT2D eigenvalue weighted by Gasteiger charge is 2.45. The first kappa shape index (κ1) is 14.7. The van der Waals surface area contributed by atoms with E-state index in [1.165, 1.54) is 12.8 Å². The number of nitrogens with one attached hydrogen (secondary N) is 1. The van der Waals surface area contributed by atoms with E-state index in [-0.39, 0.29) is 23.9 Å². The normalized spacial score (nSPS) is 25.1. The lowest BCUT2D eigenvalue weighted by Crippen LogP contribution is -2.45. The Balaban J connectivity index is 1.64. The first-order chi connectivity index (χ1) is 11.3. The molecule has 1 N–H and O–H groups in total. The molecule has 1 heterocycles. The number of hydrogen-bond donors (Lipinski definition) is 1. The molecule has 1 aromatic rings. The number of rotatable bonds is 3. The van der Waals surface area contributed by atoms with Crippen LogP contribution in [0.1, 0.15) is 73.3 Å². The maximum absolute atomic E-state index is 13.0. The molecule has 0 saturated heterocycles. The first-order valence-electron chi connectivity index (χ1n) is 8.97. The Hall–Kier alpha value is -1.84. The first-order valence-corrected chi connectivity index (χ1v) is 8.97. The highest BCUT2D eigenvalue weighted by molar-refractivity contribution is 6.05. The third-order valence-corrected chi connectivity index (χ3v) is 5.67. The van der Waals surface area contributed by atoms with Crippen LogP contribution in [0.4, 0.5) is 0 Å². The minimum atomic E-state index is -0.428. The zero-order valence-corrected chi connectivity index (χ0v) is 13.5. The molecule has 2 amide bonds. The van der Waals surface area contributed by atoms with E-state index in [9.17, 15) is 9.59 Å². The predicted molar refractivity (Wildman–Crippen MR) is 88.0 cm³/mol. The third kappa shape index (κ3) is 2.54. The lowest BCUT2D eigenvalue weighted by Gasteiger charge is -2.31. The van der Waals surface area contributed by atoms with Crippen LogP contribution < -0.4 is 5.32 Å². The number of carbonyl (C=O) groups is 2. The van der Waals surface area contributed by atoms with E-state index < -0.39 is 6.04 Å². The summed E-state index contributed by atoms with van der Waals surface area (Å²) in [6.07, 6.45) is 8.87. The van der Waals surface area contributed by atoms with Gasteiger partial charge in [0.05, 0.1) is 0 Å². The quantitative estimate of drug-likeness (QED) is 0.932. The summed E-state index contributed by atoms with van der Waals surface area (Å²) >= 11 is 0. The minimum Gasteiger partial charge on any atom is -0.351 e. The van der Waals surface area contributed by atoms with Gasteiger partial charge in [0, 0.05) is 17.6 Å². The van der Waals surface area contributed by atoms with Gasteiger partial charge in [-0.3, -0.25) is 9.59 Å². The standard InChI is InChI=1S/C19H24N2O2/c22-18(20-13-7-1-2-8-13)17-15-11-5-6-12-16(15)19(23)21(17)14-9-3-4-10-14/h5-6,11-14,17H,1-4,7-10H2,(H,20,22). The van der Waals surface area contributed by atoms with Gasteiger partial charge in [-0.05, 0) is 37.3 Å². The summed E-state index contributed by atoms with van der Waals surface area (Å²) in [4.78, 5) is 27.7. The summed E-state index contributed by atoms with van der Waals surface area (Å²) in [6.45, 7) is 0. The van der Waals surface area contributed by atoms with Crippen molar-refractivity contribution in [3.63, 3.8) is 0 Å². The molecule has 0 aromatic heterocycles. The van der Waals surface area contributed by atoms with Crippen LogP contribution >= 0.6 is 0 Å². The molecule has 2 fully saturated rings. The molecule has 2 saturated carbocycles. The van der Waals surface area contributed by atoms with Gasteiger partial charge in [-0.2, -0.15) is 0 Å². The SMILES string of the molecule is O=C(NC1CCCC1)C1c2ccccc2C(=O)N1C1CCCC1. The topological polar surface area (TPSA) is 49.4 Å². The Morgan fingerprint density at radius 3 is 2.39 bits per heavy atom. The molecule has 4 heteroatoms. The smallest absolute Gasteiger partial charge is 0.255 e. The van der Waals surface area contributed by atoms with E-state index in [2.05, 4.69) is 5.32 Å². The molecular formula is C19H24N2O2. The third-order valence-electron chi connectivity index (χ3n) is 5.67. The zero-order chi connectivity index (χ0) is 15.8. The summed E-state index contributed by atoms with van der Waals surface area (Å²) in [7, 11) is 0. The fraction of sp³-hybridized carbons (Fsp3) is 0.579. The van der Waals surface area contributed by atoms with Crippen molar-refractivity contribution in [1.29, 1.82) is 0 Å². The Morgan fingerprint density at radius 1 is 1.00 bits per heavy atom. The molecule has 2 aliphatic carbocycles. The van der Waals surface area contributed by atoms with Crippen LogP contribution in [0, 0.1) is 0 Å². The average Bonchev–Trinajstić information content (AvgIpc) is 3.28. The molecule has 0 radical (unpaired) electrons.